The second-order valence-corrected chi connectivity index (χ2v) is 8.33. The van der Waals surface area contributed by atoms with Crippen LogP contribution >= 0.6 is 0 Å². The molecule has 5 rings (SSSR count). The van der Waals surface area contributed by atoms with Gasteiger partial charge in [-0.3, -0.25) is 9.69 Å². The fraction of sp³-hybridized carbons (Fsp3) is 0.571. The molecule has 0 spiro atoms. The first-order valence-electron chi connectivity index (χ1n) is 9.86. The molecule has 3 heterocycles. The van der Waals surface area contributed by atoms with Crippen molar-refractivity contribution in [1.29, 1.82) is 0 Å². The summed E-state index contributed by atoms with van der Waals surface area (Å²) in [5.74, 6) is -0.831. The molecule has 144 valence electrons. The van der Waals surface area contributed by atoms with E-state index < -0.39 is 24.1 Å². The van der Waals surface area contributed by atoms with E-state index in [0.717, 1.165) is 31.4 Å². The zero-order chi connectivity index (χ0) is 18.7. The van der Waals surface area contributed by atoms with E-state index >= 15 is 0 Å². The number of nitrogens with one attached hydrogen (secondary N) is 1. The number of piperidine rings is 1. The number of aromatic nitrogens is 1. The average Bonchev–Trinajstić information content (AvgIpc) is 3.06. The molecule has 1 saturated carbocycles. The maximum absolute atomic E-state index is 12.4. The van der Waals surface area contributed by atoms with Crippen molar-refractivity contribution in [2.75, 3.05) is 20.2 Å². The number of esters is 1. The first-order chi connectivity index (χ1) is 13.1. The third-order valence-electron chi connectivity index (χ3n) is 7.08. The highest BCUT2D eigenvalue weighted by atomic mass is 16.5. The molecule has 2 aliphatic heterocycles. The Morgan fingerprint density at radius 3 is 2.89 bits per heavy atom. The lowest BCUT2D eigenvalue weighted by molar-refractivity contribution is -0.171. The summed E-state index contributed by atoms with van der Waals surface area (Å²) in [6, 6.07) is 8.62. The number of carbonyl (C=O) groups excluding carboxylic acids is 1. The van der Waals surface area contributed by atoms with Crippen molar-refractivity contribution in [3.63, 3.8) is 0 Å². The van der Waals surface area contributed by atoms with Crippen LogP contribution in [0.3, 0.4) is 0 Å². The number of H-pyrrole nitrogens is 1. The van der Waals surface area contributed by atoms with Gasteiger partial charge in [0.25, 0.3) is 0 Å². The average molecular weight is 370 g/mol. The van der Waals surface area contributed by atoms with E-state index in [4.69, 9.17) is 4.74 Å². The van der Waals surface area contributed by atoms with Crippen LogP contribution in [0.5, 0.6) is 0 Å². The topological polar surface area (TPSA) is 85.8 Å². The maximum atomic E-state index is 12.4. The first-order valence-corrected chi connectivity index (χ1v) is 9.86. The Bertz CT molecular complexity index is 878. The van der Waals surface area contributed by atoms with Gasteiger partial charge in [0.1, 0.15) is 0 Å². The number of aliphatic hydroxyl groups excluding tert-OH is 2. The molecule has 0 amide bonds. The van der Waals surface area contributed by atoms with Crippen molar-refractivity contribution >= 4 is 16.9 Å². The van der Waals surface area contributed by atoms with Crippen LogP contribution in [-0.2, 0) is 16.0 Å². The maximum Gasteiger partial charge on any atom is 0.311 e. The van der Waals surface area contributed by atoms with Crippen molar-refractivity contribution in [2.45, 2.75) is 37.5 Å². The van der Waals surface area contributed by atoms with Crippen molar-refractivity contribution in [3.8, 4) is 0 Å². The van der Waals surface area contributed by atoms with Gasteiger partial charge in [0.2, 0.25) is 0 Å². The highest BCUT2D eigenvalue weighted by Crippen LogP contribution is 2.49. The fourth-order valence-corrected chi connectivity index (χ4v) is 5.82. The van der Waals surface area contributed by atoms with Gasteiger partial charge in [-0.2, -0.15) is 0 Å². The van der Waals surface area contributed by atoms with E-state index in [1.807, 2.05) is 6.07 Å². The normalized spacial score (nSPS) is 36.0. The monoisotopic (exact) mass is 370 g/mol. The van der Waals surface area contributed by atoms with Crippen molar-refractivity contribution < 1.29 is 19.7 Å². The highest BCUT2D eigenvalue weighted by molar-refractivity contribution is 5.85. The molecule has 3 N–H and O–H groups in total. The molecule has 1 aromatic heterocycles. The summed E-state index contributed by atoms with van der Waals surface area (Å²) in [7, 11) is 1.36. The van der Waals surface area contributed by atoms with Gasteiger partial charge in [-0.1, -0.05) is 18.2 Å². The summed E-state index contributed by atoms with van der Waals surface area (Å²) >= 11 is 0. The smallest absolute Gasteiger partial charge is 0.311 e. The summed E-state index contributed by atoms with van der Waals surface area (Å²) < 4.78 is 4.98. The first kappa shape index (κ1) is 17.2. The second kappa shape index (κ2) is 6.33. The van der Waals surface area contributed by atoms with Crippen LogP contribution in [-0.4, -0.2) is 58.5 Å². The van der Waals surface area contributed by atoms with Crippen molar-refractivity contribution in [3.05, 3.63) is 35.5 Å². The highest BCUT2D eigenvalue weighted by Gasteiger charge is 2.52. The molecule has 1 aliphatic carbocycles. The van der Waals surface area contributed by atoms with E-state index in [-0.39, 0.29) is 17.9 Å². The number of aliphatic hydroxyl groups is 2. The Balaban J connectivity index is 1.53. The number of carbonyl (C=O) groups is 1. The number of rotatable bonds is 1. The number of para-hydroxylation sites is 1. The molecule has 6 heteroatoms. The number of nitrogens with zero attached hydrogens (tertiary/aromatic N) is 1. The zero-order valence-corrected chi connectivity index (χ0v) is 15.5. The van der Waals surface area contributed by atoms with E-state index in [0.29, 0.717) is 6.42 Å². The van der Waals surface area contributed by atoms with Crippen molar-refractivity contribution in [2.24, 2.45) is 17.8 Å². The molecule has 0 radical (unpaired) electrons. The molecular weight excluding hydrogens is 344 g/mol. The minimum atomic E-state index is -1.05. The van der Waals surface area contributed by atoms with Crippen LogP contribution in [0.1, 0.15) is 30.1 Å². The number of aromatic amines is 1. The third-order valence-corrected chi connectivity index (χ3v) is 7.08. The molecule has 1 saturated heterocycles. The number of ether oxygens (including phenoxy) is 1. The number of hydrogen-bond donors (Lipinski definition) is 3. The number of benzene rings is 1. The van der Waals surface area contributed by atoms with Crippen LogP contribution in [0.15, 0.2) is 24.3 Å². The lowest BCUT2D eigenvalue weighted by atomic mass is 9.64. The van der Waals surface area contributed by atoms with Gasteiger partial charge in [0.15, 0.2) is 0 Å². The SMILES string of the molecule is COC(=O)[C@H]1[C@@H](O)[C@@H](O)C[C@H]2CN3CCc4c([nH]c5ccccc45)[C@@H]3C[C@@H]21. The number of methoxy groups -OCH3 is 1. The van der Waals surface area contributed by atoms with Crippen LogP contribution in [0.25, 0.3) is 10.9 Å². The Morgan fingerprint density at radius 2 is 2.07 bits per heavy atom. The largest absolute Gasteiger partial charge is 0.469 e. The lowest BCUT2D eigenvalue weighted by Gasteiger charge is -2.51. The molecule has 0 bridgehead atoms. The van der Waals surface area contributed by atoms with Crippen LogP contribution < -0.4 is 0 Å². The predicted octanol–water partition coefficient (Wildman–Crippen LogP) is 1.62. The molecule has 3 aliphatic rings. The molecule has 1 aromatic carbocycles. The Labute approximate surface area is 158 Å². The van der Waals surface area contributed by atoms with Crippen LogP contribution in [0, 0.1) is 17.8 Å². The minimum Gasteiger partial charge on any atom is -0.469 e. The van der Waals surface area contributed by atoms with E-state index in [9.17, 15) is 15.0 Å². The fourth-order valence-electron chi connectivity index (χ4n) is 5.82. The molecule has 6 nitrogen and oxygen atoms in total. The standard InChI is InChI=1S/C21H26N2O4/c1-27-21(26)18-14-9-16-19-13(12-4-2-3-5-15(12)22-19)6-7-23(16)10-11(14)8-17(24)20(18)25/h2-5,11,14,16-18,20,22,24-25H,6-10H2,1H3/t11-,14-,16-,17-,18+,20-/m0/s1. The molecule has 27 heavy (non-hydrogen) atoms. The zero-order valence-electron chi connectivity index (χ0n) is 15.5. The molecule has 2 fully saturated rings. The number of hydrogen-bond acceptors (Lipinski definition) is 5. The van der Waals surface area contributed by atoms with Gasteiger partial charge in [0, 0.05) is 29.7 Å². The Morgan fingerprint density at radius 1 is 1.26 bits per heavy atom. The van der Waals surface area contributed by atoms with Gasteiger partial charge >= 0.3 is 5.97 Å². The quantitative estimate of drug-likeness (QED) is 0.664. The lowest BCUT2D eigenvalue weighted by Crippen LogP contribution is -2.57. The molecule has 6 atom stereocenters. The van der Waals surface area contributed by atoms with Gasteiger partial charge < -0.3 is 19.9 Å². The molecule has 2 aromatic rings. The van der Waals surface area contributed by atoms with Crippen LogP contribution in [0.4, 0.5) is 0 Å². The van der Waals surface area contributed by atoms with Gasteiger partial charge in [0.05, 0.1) is 31.3 Å². The number of fused-ring (bicyclic) bond motifs is 6. The third kappa shape index (κ3) is 2.54. The predicted molar refractivity (Wildman–Crippen MR) is 100 cm³/mol. The van der Waals surface area contributed by atoms with Gasteiger partial charge in [-0.25, -0.2) is 0 Å². The summed E-state index contributed by atoms with van der Waals surface area (Å²) in [6.07, 6.45) is 0.450. The summed E-state index contributed by atoms with van der Waals surface area (Å²) in [5.41, 5.74) is 3.80. The molecular formula is C21H26N2O4. The summed E-state index contributed by atoms with van der Waals surface area (Å²) in [5, 5.41) is 22.1. The Kier molecular flexibility index (Phi) is 4.04. The van der Waals surface area contributed by atoms with Crippen LogP contribution in [0.2, 0.25) is 0 Å². The van der Waals surface area contributed by atoms with E-state index in [1.54, 1.807) is 0 Å². The van der Waals surface area contributed by atoms with Gasteiger partial charge in [-0.05, 0) is 42.7 Å². The minimum absolute atomic E-state index is 0.0227. The summed E-state index contributed by atoms with van der Waals surface area (Å²) in [6.45, 7) is 1.84. The molecule has 0 unspecified atom stereocenters. The second-order valence-electron chi connectivity index (χ2n) is 8.33. The van der Waals surface area contributed by atoms with Gasteiger partial charge in [-0.15, -0.1) is 0 Å². The summed E-state index contributed by atoms with van der Waals surface area (Å²) in [4.78, 5) is 18.5. The van der Waals surface area contributed by atoms with E-state index in [2.05, 4.69) is 28.1 Å². The van der Waals surface area contributed by atoms with Crippen molar-refractivity contribution in [1.82, 2.24) is 9.88 Å². The van der Waals surface area contributed by atoms with E-state index in [1.165, 1.54) is 23.8 Å². The Hall–Kier alpha value is -1.89.